The number of benzene rings is 1. The van der Waals surface area contributed by atoms with Gasteiger partial charge in [-0.15, -0.1) is 0 Å². The first-order valence-electron chi connectivity index (χ1n) is 5.26. The summed E-state index contributed by atoms with van der Waals surface area (Å²) in [7, 11) is 0. The van der Waals surface area contributed by atoms with Crippen molar-refractivity contribution in [3.05, 3.63) is 34.3 Å². The number of hydrogen-bond donors (Lipinski definition) is 0. The minimum atomic E-state index is -2.58. The second-order valence-corrected chi connectivity index (χ2v) is 3.87. The molecule has 0 bridgehead atoms. The van der Waals surface area contributed by atoms with Gasteiger partial charge in [-0.2, -0.15) is 0 Å². The van der Waals surface area contributed by atoms with Crippen molar-refractivity contribution in [2.75, 3.05) is 6.61 Å². The number of aryl methyl sites for hydroxylation is 1. The van der Waals surface area contributed by atoms with E-state index in [4.69, 9.17) is 16.3 Å². The van der Waals surface area contributed by atoms with Crippen LogP contribution >= 0.6 is 11.6 Å². The average Bonchev–Trinajstić information content (AvgIpc) is 2.26. The molecular weight excluding hydrogens is 250 g/mol. The van der Waals surface area contributed by atoms with Crippen LogP contribution in [0.15, 0.2) is 18.2 Å². The maximum absolute atomic E-state index is 12.4. The summed E-state index contributed by atoms with van der Waals surface area (Å²) in [5.74, 6) is -0.304. The molecule has 0 amide bonds. The van der Waals surface area contributed by atoms with Gasteiger partial charge >= 0.3 is 5.97 Å². The summed E-state index contributed by atoms with van der Waals surface area (Å²) in [5, 5.41) is 0.0290. The van der Waals surface area contributed by atoms with Gasteiger partial charge in [-0.25, -0.2) is 8.78 Å². The molecule has 0 N–H and O–H groups in total. The molecule has 0 aliphatic carbocycles. The monoisotopic (exact) mass is 262 g/mol. The van der Waals surface area contributed by atoms with E-state index in [0.29, 0.717) is 13.0 Å². The molecule has 0 aliphatic heterocycles. The third-order valence-corrected chi connectivity index (χ3v) is 2.55. The molecule has 17 heavy (non-hydrogen) atoms. The lowest BCUT2D eigenvalue weighted by Crippen LogP contribution is -2.05. The van der Waals surface area contributed by atoms with E-state index in [1.54, 1.807) is 13.0 Å². The van der Waals surface area contributed by atoms with Crippen LogP contribution in [-0.2, 0) is 16.0 Å². The molecule has 94 valence electrons. The highest BCUT2D eigenvalue weighted by Crippen LogP contribution is 2.27. The number of ether oxygens (including phenoxy) is 1. The highest BCUT2D eigenvalue weighted by atomic mass is 35.5. The molecule has 0 saturated heterocycles. The number of rotatable bonds is 5. The first kappa shape index (κ1) is 13.9. The van der Waals surface area contributed by atoms with Crippen LogP contribution in [0.1, 0.15) is 30.9 Å². The van der Waals surface area contributed by atoms with Crippen molar-refractivity contribution in [2.24, 2.45) is 0 Å². The van der Waals surface area contributed by atoms with Crippen molar-refractivity contribution < 1.29 is 18.3 Å². The van der Waals surface area contributed by atoms with Crippen LogP contribution in [0, 0.1) is 0 Å². The normalized spacial score (nSPS) is 10.6. The molecular formula is C12H13ClF2O2. The predicted molar refractivity (Wildman–Crippen MR) is 61.4 cm³/mol. The lowest BCUT2D eigenvalue weighted by molar-refractivity contribution is -0.143. The Balaban J connectivity index is 2.62. The average molecular weight is 263 g/mol. The van der Waals surface area contributed by atoms with Crippen molar-refractivity contribution in [3.8, 4) is 0 Å². The molecule has 2 nitrogen and oxygen atoms in total. The predicted octanol–water partition coefficient (Wildman–Crippen LogP) is 3.77. The summed E-state index contributed by atoms with van der Waals surface area (Å²) in [4.78, 5) is 11.1. The van der Waals surface area contributed by atoms with Gasteiger partial charge in [-0.1, -0.05) is 23.7 Å². The second kappa shape index (κ2) is 6.55. The molecule has 0 spiro atoms. The largest absolute Gasteiger partial charge is 0.466 e. The Bertz CT molecular complexity index is 394. The van der Waals surface area contributed by atoms with E-state index < -0.39 is 6.43 Å². The van der Waals surface area contributed by atoms with Crippen LogP contribution in [0.5, 0.6) is 0 Å². The third-order valence-electron chi connectivity index (χ3n) is 2.22. The third kappa shape index (κ3) is 4.30. The van der Waals surface area contributed by atoms with E-state index in [2.05, 4.69) is 0 Å². The van der Waals surface area contributed by atoms with Gasteiger partial charge in [-0.05, 0) is 25.0 Å². The molecule has 0 radical (unpaired) electrons. The molecule has 5 heteroatoms. The van der Waals surface area contributed by atoms with Gasteiger partial charge < -0.3 is 4.74 Å². The van der Waals surface area contributed by atoms with Crippen LogP contribution in [-0.4, -0.2) is 12.6 Å². The highest BCUT2D eigenvalue weighted by Gasteiger charge is 2.12. The Morgan fingerprint density at radius 3 is 2.71 bits per heavy atom. The van der Waals surface area contributed by atoms with E-state index in [-0.39, 0.29) is 23.0 Å². The molecule has 1 aromatic rings. The van der Waals surface area contributed by atoms with E-state index in [0.717, 1.165) is 5.56 Å². The Labute approximate surface area is 104 Å². The Hall–Kier alpha value is -1.16. The van der Waals surface area contributed by atoms with Crippen molar-refractivity contribution in [1.29, 1.82) is 0 Å². The van der Waals surface area contributed by atoms with E-state index in [9.17, 15) is 13.6 Å². The van der Waals surface area contributed by atoms with Gasteiger partial charge in [0.2, 0.25) is 0 Å². The second-order valence-electron chi connectivity index (χ2n) is 3.46. The summed E-state index contributed by atoms with van der Waals surface area (Å²) in [6.07, 6.45) is -1.93. The van der Waals surface area contributed by atoms with Crippen LogP contribution < -0.4 is 0 Å². The van der Waals surface area contributed by atoms with Crippen molar-refractivity contribution >= 4 is 17.6 Å². The summed E-state index contributed by atoms with van der Waals surface area (Å²) in [6.45, 7) is 2.07. The van der Waals surface area contributed by atoms with Gasteiger partial charge in [-0.3, -0.25) is 4.79 Å². The minimum absolute atomic E-state index is 0.0290. The van der Waals surface area contributed by atoms with E-state index in [1.807, 2.05) is 0 Å². The lowest BCUT2D eigenvalue weighted by atomic mass is 10.1. The Morgan fingerprint density at radius 2 is 2.18 bits per heavy atom. The first-order chi connectivity index (χ1) is 8.04. The molecule has 0 atom stereocenters. The molecule has 0 fully saturated rings. The zero-order chi connectivity index (χ0) is 12.8. The van der Waals surface area contributed by atoms with Crippen molar-refractivity contribution in [1.82, 2.24) is 0 Å². The topological polar surface area (TPSA) is 26.3 Å². The maximum atomic E-state index is 12.4. The quantitative estimate of drug-likeness (QED) is 0.755. The summed E-state index contributed by atoms with van der Waals surface area (Å²) >= 11 is 5.70. The number of esters is 1. The first-order valence-corrected chi connectivity index (χ1v) is 5.64. The van der Waals surface area contributed by atoms with E-state index >= 15 is 0 Å². The van der Waals surface area contributed by atoms with Crippen LogP contribution in [0.3, 0.4) is 0 Å². The van der Waals surface area contributed by atoms with Gasteiger partial charge in [0, 0.05) is 17.0 Å². The SMILES string of the molecule is CCOC(=O)CCc1ccc(C(F)F)c(Cl)c1. The van der Waals surface area contributed by atoms with Crippen LogP contribution in [0.25, 0.3) is 0 Å². The molecule has 0 aromatic heterocycles. The molecule has 0 aliphatic rings. The van der Waals surface area contributed by atoms with Crippen molar-refractivity contribution in [3.63, 3.8) is 0 Å². The van der Waals surface area contributed by atoms with Gasteiger partial charge in [0.25, 0.3) is 6.43 Å². The summed E-state index contributed by atoms with van der Waals surface area (Å²) < 4.78 is 29.6. The lowest BCUT2D eigenvalue weighted by Gasteiger charge is -2.06. The fourth-order valence-electron chi connectivity index (χ4n) is 1.38. The Kier molecular flexibility index (Phi) is 5.35. The molecule has 1 rings (SSSR count). The fraction of sp³-hybridized carbons (Fsp3) is 0.417. The standard InChI is InChI=1S/C12H13ClF2O2/c1-2-17-11(16)6-4-8-3-5-9(12(14)15)10(13)7-8/h3,5,7,12H,2,4,6H2,1H3. The van der Waals surface area contributed by atoms with Crippen LogP contribution in [0.4, 0.5) is 8.78 Å². The number of carbonyl (C=O) groups is 1. The van der Waals surface area contributed by atoms with Gasteiger partial charge in [0.15, 0.2) is 0 Å². The Morgan fingerprint density at radius 1 is 1.47 bits per heavy atom. The zero-order valence-electron chi connectivity index (χ0n) is 9.38. The molecule has 0 saturated carbocycles. The molecule has 1 aromatic carbocycles. The number of alkyl halides is 2. The maximum Gasteiger partial charge on any atom is 0.306 e. The number of halogens is 3. The number of hydrogen-bond acceptors (Lipinski definition) is 2. The zero-order valence-corrected chi connectivity index (χ0v) is 10.1. The highest BCUT2D eigenvalue weighted by molar-refractivity contribution is 6.31. The van der Waals surface area contributed by atoms with Gasteiger partial charge in [0.1, 0.15) is 0 Å². The summed E-state index contributed by atoms with van der Waals surface area (Å²) in [5.41, 5.74) is 0.555. The van der Waals surface area contributed by atoms with Crippen LogP contribution in [0.2, 0.25) is 5.02 Å². The number of carbonyl (C=O) groups excluding carboxylic acids is 1. The summed E-state index contributed by atoms with van der Waals surface area (Å²) in [6, 6.07) is 4.29. The van der Waals surface area contributed by atoms with E-state index in [1.165, 1.54) is 12.1 Å². The minimum Gasteiger partial charge on any atom is -0.466 e. The smallest absolute Gasteiger partial charge is 0.306 e. The van der Waals surface area contributed by atoms with Crippen molar-refractivity contribution in [2.45, 2.75) is 26.2 Å². The molecule has 0 heterocycles. The van der Waals surface area contributed by atoms with Gasteiger partial charge in [0.05, 0.1) is 6.61 Å². The molecule has 0 unspecified atom stereocenters. The fourth-order valence-corrected chi connectivity index (χ4v) is 1.67.